The van der Waals surface area contributed by atoms with Crippen LogP contribution in [0.1, 0.15) is 25.0 Å². The molecule has 0 fully saturated rings. The second-order valence-corrected chi connectivity index (χ2v) is 8.37. The van der Waals surface area contributed by atoms with Crippen molar-refractivity contribution in [2.45, 2.75) is 24.2 Å². The molecule has 2 aromatic rings. The maximum atomic E-state index is 12.7. The molecule has 27 heavy (non-hydrogen) atoms. The van der Waals surface area contributed by atoms with E-state index < -0.39 is 21.4 Å². The molecule has 0 atom stereocenters. The molecule has 8 heteroatoms. The van der Waals surface area contributed by atoms with Gasteiger partial charge in [0.05, 0.1) is 10.3 Å². The summed E-state index contributed by atoms with van der Waals surface area (Å²) in [5, 5.41) is 11.4. The van der Waals surface area contributed by atoms with E-state index in [0.29, 0.717) is 22.5 Å². The largest absolute Gasteiger partial charge is 0.478 e. The van der Waals surface area contributed by atoms with Crippen LogP contribution in [0.5, 0.6) is 0 Å². The molecule has 0 spiro atoms. The Hall–Kier alpha value is -3.13. The molecule has 140 valence electrons. The fourth-order valence-corrected chi connectivity index (χ4v) is 3.88. The molecule has 0 radical (unpaired) electrons. The van der Waals surface area contributed by atoms with Crippen LogP contribution in [0.25, 0.3) is 6.08 Å². The standard InChI is InChI=1S/C19H18N2O5S/c1-19(2)15-11-14(7-8-16(15)20-18(19)24)27(25,26)21-13-5-3-4-12(10-13)6-9-17(22)23/h3-11,21H,1-2H3,(H,20,24)(H,22,23)/b9-6+. The minimum absolute atomic E-state index is 0.0392. The highest BCUT2D eigenvalue weighted by atomic mass is 32.2. The summed E-state index contributed by atoms with van der Waals surface area (Å²) in [6.45, 7) is 3.46. The van der Waals surface area contributed by atoms with E-state index in [-0.39, 0.29) is 10.8 Å². The van der Waals surface area contributed by atoms with Gasteiger partial charge in [0.2, 0.25) is 5.91 Å². The van der Waals surface area contributed by atoms with Crippen molar-refractivity contribution in [2.24, 2.45) is 0 Å². The topological polar surface area (TPSA) is 113 Å². The van der Waals surface area contributed by atoms with Gasteiger partial charge >= 0.3 is 5.97 Å². The zero-order chi connectivity index (χ0) is 19.8. The lowest BCUT2D eigenvalue weighted by atomic mass is 9.86. The molecule has 1 heterocycles. The summed E-state index contributed by atoms with van der Waals surface area (Å²) >= 11 is 0. The summed E-state index contributed by atoms with van der Waals surface area (Å²) in [6, 6.07) is 10.9. The predicted octanol–water partition coefficient (Wildman–Crippen LogP) is 2.81. The number of rotatable bonds is 5. The van der Waals surface area contributed by atoms with Crippen molar-refractivity contribution >= 4 is 39.4 Å². The van der Waals surface area contributed by atoms with Gasteiger partial charge in [-0.25, -0.2) is 13.2 Å². The number of hydrogen-bond acceptors (Lipinski definition) is 4. The molecule has 1 aliphatic rings. The van der Waals surface area contributed by atoms with Gasteiger partial charge < -0.3 is 10.4 Å². The number of benzene rings is 2. The highest BCUT2D eigenvalue weighted by Gasteiger charge is 2.39. The van der Waals surface area contributed by atoms with E-state index in [9.17, 15) is 18.0 Å². The Morgan fingerprint density at radius 2 is 1.93 bits per heavy atom. The monoisotopic (exact) mass is 386 g/mol. The zero-order valence-corrected chi connectivity index (χ0v) is 15.5. The van der Waals surface area contributed by atoms with Gasteiger partial charge in [-0.3, -0.25) is 9.52 Å². The van der Waals surface area contributed by atoms with Gasteiger partial charge in [-0.05, 0) is 61.4 Å². The van der Waals surface area contributed by atoms with Crippen LogP contribution in [0, 0.1) is 0 Å². The van der Waals surface area contributed by atoms with Crippen molar-refractivity contribution in [1.29, 1.82) is 0 Å². The van der Waals surface area contributed by atoms with Crippen molar-refractivity contribution in [1.82, 2.24) is 0 Å². The number of sulfonamides is 1. The smallest absolute Gasteiger partial charge is 0.328 e. The second kappa shape index (κ2) is 6.55. The summed E-state index contributed by atoms with van der Waals surface area (Å²) in [5.41, 5.74) is 1.25. The number of nitrogens with one attached hydrogen (secondary N) is 2. The number of aliphatic carboxylic acids is 1. The van der Waals surface area contributed by atoms with Gasteiger partial charge in [0.25, 0.3) is 10.0 Å². The normalized spacial score (nSPS) is 15.4. The zero-order valence-electron chi connectivity index (χ0n) is 14.7. The highest BCUT2D eigenvalue weighted by molar-refractivity contribution is 7.92. The molecule has 0 aliphatic carbocycles. The van der Waals surface area contributed by atoms with E-state index in [2.05, 4.69) is 10.0 Å². The molecule has 1 amide bonds. The van der Waals surface area contributed by atoms with Gasteiger partial charge in [-0.1, -0.05) is 12.1 Å². The molecule has 7 nitrogen and oxygen atoms in total. The van der Waals surface area contributed by atoms with Crippen molar-refractivity contribution < 1.29 is 23.1 Å². The average Bonchev–Trinajstić information content (AvgIpc) is 2.82. The van der Waals surface area contributed by atoms with E-state index in [1.807, 2.05) is 0 Å². The number of amides is 1. The number of anilines is 2. The number of fused-ring (bicyclic) bond motifs is 1. The first-order chi connectivity index (χ1) is 12.6. The van der Waals surface area contributed by atoms with Gasteiger partial charge in [0, 0.05) is 17.5 Å². The summed E-state index contributed by atoms with van der Waals surface area (Å²) in [6.07, 6.45) is 2.34. The fraction of sp³-hybridized carbons (Fsp3) is 0.158. The van der Waals surface area contributed by atoms with Crippen LogP contribution in [0.4, 0.5) is 11.4 Å². The molecule has 0 saturated heterocycles. The molecule has 0 bridgehead atoms. The molecule has 2 aromatic carbocycles. The Morgan fingerprint density at radius 1 is 1.19 bits per heavy atom. The molecular formula is C19H18N2O5S. The molecule has 0 unspecified atom stereocenters. The maximum absolute atomic E-state index is 12.7. The Balaban J connectivity index is 1.91. The fourth-order valence-electron chi connectivity index (χ4n) is 2.80. The third kappa shape index (κ3) is 3.70. The van der Waals surface area contributed by atoms with Crippen LogP contribution >= 0.6 is 0 Å². The van der Waals surface area contributed by atoms with Gasteiger partial charge in [0.15, 0.2) is 0 Å². The van der Waals surface area contributed by atoms with Crippen molar-refractivity contribution in [3.05, 3.63) is 59.7 Å². The Kier molecular flexibility index (Phi) is 4.52. The van der Waals surface area contributed by atoms with Crippen LogP contribution in [-0.2, 0) is 25.0 Å². The lowest BCUT2D eigenvalue weighted by Gasteiger charge is -2.16. The number of carboxylic acid groups (broad SMARTS) is 1. The van der Waals surface area contributed by atoms with E-state index >= 15 is 0 Å². The van der Waals surface area contributed by atoms with Gasteiger partial charge in [0.1, 0.15) is 0 Å². The van der Waals surface area contributed by atoms with E-state index in [1.165, 1.54) is 24.3 Å². The highest BCUT2D eigenvalue weighted by Crippen LogP contribution is 2.38. The molecule has 1 aliphatic heterocycles. The van der Waals surface area contributed by atoms with Gasteiger partial charge in [-0.2, -0.15) is 0 Å². The lowest BCUT2D eigenvalue weighted by Crippen LogP contribution is -2.27. The number of carbonyl (C=O) groups is 2. The van der Waals surface area contributed by atoms with Crippen LogP contribution in [0.3, 0.4) is 0 Å². The van der Waals surface area contributed by atoms with Crippen LogP contribution in [-0.4, -0.2) is 25.4 Å². The summed E-state index contributed by atoms with van der Waals surface area (Å²) < 4.78 is 28.0. The summed E-state index contributed by atoms with van der Waals surface area (Å²) in [4.78, 5) is 22.7. The number of carbonyl (C=O) groups excluding carboxylic acids is 1. The van der Waals surface area contributed by atoms with Crippen molar-refractivity contribution in [3.8, 4) is 0 Å². The third-order valence-electron chi connectivity index (χ3n) is 4.35. The number of carboxylic acids is 1. The molecular weight excluding hydrogens is 368 g/mol. The molecule has 0 aromatic heterocycles. The van der Waals surface area contributed by atoms with Crippen molar-refractivity contribution in [2.75, 3.05) is 10.0 Å². The maximum Gasteiger partial charge on any atom is 0.328 e. The first-order valence-corrected chi connectivity index (χ1v) is 9.58. The summed E-state index contributed by atoms with van der Waals surface area (Å²) in [7, 11) is -3.88. The second-order valence-electron chi connectivity index (χ2n) is 6.69. The number of hydrogen-bond donors (Lipinski definition) is 3. The quantitative estimate of drug-likeness (QED) is 0.684. The van der Waals surface area contributed by atoms with E-state index in [0.717, 1.165) is 6.08 Å². The lowest BCUT2D eigenvalue weighted by molar-refractivity contribution is -0.131. The Labute approximate surface area is 156 Å². The first kappa shape index (κ1) is 18.7. The first-order valence-electron chi connectivity index (χ1n) is 8.09. The van der Waals surface area contributed by atoms with E-state index in [4.69, 9.17) is 5.11 Å². The molecule has 3 rings (SSSR count). The van der Waals surface area contributed by atoms with Crippen LogP contribution in [0.15, 0.2) is 53.4 Å². The molecule has 0 saturated carbocycles. The van der Waals surface area contributed by atoms with Crippen molar-refractivity contribution in [3.63, 3.8) is 0 Å². The van der Waals surface area contributed by atoms with E-state index in [1.54, 1.807) is 38.1 Å². The SMILES string of the molecule is CC1(C)C(=O)Nc2ccc(S(=O)(=O)Nc3cccc(/C=C/C(=O)O)c3)cc21. The Morgan fingerprint density at radius 3 is 2.63 bits per heavy atom. The van der Waals surface area contributed by atoms with Crippen LogP contribution < -0.4 is 10.0 Å². The average molecular weight is 386 g/mol. The third-order valence-corrected chi connectivity index (χ3v) is 5.73. The van der Waals surface area contributed by atoms with Gasteiger partial charge in [-0.15, -0.1) is 0 Å². The minimum Gasteiger partial charge on any atom is -0.478 e. The minimum atomic E-state index is -3.88. The van der Waals surface area contributed by atoms with Crippen LogP contribution in [0.2, 0.25) is 0 Å². The predicted molar refractivity (Wildman–Crippen MR) is 102 cm³/mol. The Bertz CT molecular complexity index is 1070. The summed E-state index contributed by atoms with van der Waals surface area (Å²) in [5.74, 6) is -1.28. The molecule has 3 N–H and O–H groups in total.